The Balaban J connectivity index is 2.18. The van der Waals surface area contributed by atoms with E-state index in [1.165, 1.54) is 0 Å². The fourth-order valence-electron chi connectivity index (χ4n) is 6.69. The summed E-state index contributed by atoms with van der Waals surface area (Å²) in [6.45, 7) is 29.3. The molecular weight excluding hydrogens is 288 g/mol. The predicted molar refractivity (Wildman–Crippen MR) is 106 cm³/mol. The third kappa shape index (κ3) is 1.92. The SMILES string of the molecule is CC(C)(C)C1=CC2C3C(C(C)(C)C)=C(C(C)(C)C)C3C12C(C)(C)C. The van der Waals surface area contributed by atoms with Crippen molar-refractivity contribution in [2.75, 3.05) is 0 Å². The van der Waals surface area contributed by atoms with Crippen LogP contribution in [0.5, 0.6) is 0 Å². The quantitative estimate of drug-likeness (QED) is 0.410. The van der Waals surface area contributed by atoms with Crippen LogP contribution >= 0.6 is 0 Å². The molecule has 0 aromatic rings. The van der Waals surface area contributed by atoms with E-state index in [2.05, 4.69) is 89.2 Å². The van der Waals surface area contributed by atoms with Gasteiger partial charge in [-0.3, -0.25) is 0 Å². The highest BCUT2D eigenvalue weighted by molar-refractivity contribution is 5.59. The lowest BCUT2D eigenvalue weighted by Gasteiger charge is -2.81. The second kappa shape index (κ2) is 4.41. The third-order valence-electron chi connectivity index (χ3n) is 7.15. The molecule has 24 heavy (non-hydrogen) atoms. The first-order chi connectivity index (χ1) is 10.5. The van der Waals surface area contributed by atoms with E-state index in [0.717, 1.165) is 17.8 Å². The van der Waals surface area contributed by atoms with E-state index in [-0.39, 0.29) is 10.8 Å². The molecule has 0 aromatic carbocycles. The van der Waals surface area contributed by atoms with Gasteiger partial charge >= 0.3 is 0 Å². The minimum atomic E-state index is 0.283. The Labute approximate surface area is 151 Å². The van der Waals surface area contributed by atoms with Crippen molar-refractivity contribution in [1.82, 2.24) is 0 Å². The second-order valence-corrected chi connectivity index (χ2v) is 12.8. The van der Waals surface area contributed by atoms with E-state index < -0.39 is 0 Å². The predicted octanol–water partition coefficient (Wildman–Crippen LogP) is 7.27. The smallest absolute Gasteiger partial charge is 0.0106 e. The van der Waals surface area contributed by atoms with Gasteiger partial charge in [-0.15, -0.1) is 0 Å². The molecule has 0 spiro atoms. The van der Waals surface area contributed by atoms with Crippen molar-refractivity contribution < 1.29 is 0 Å². The maximum Gasteiger partial charge on any atom is 0.0106 e. The Morgan fingerprint density at radius 2 is 1.12 bits per heavy atom. The molecule has 0 heteroatoms. The number of allylic oxidation sites excluding steroid dienone is 4. The first-order valence-corrected chi connectivity index (χ1v) is 9.94. The van der Waals surface area contributed by atoms with Crippen LogP contribution in [0.2, 0.25) is 0 Å². The molecule has 0 N–H and O–H groups in total. The zero-order valence-corrected chi connectivity index (χ0v) is 18.3. The van der Waals surface area contributed by atoms with Gasteiger partial charge in [0, 0.05) is 5.41 Å². The highest BCUT2D eigenvalue weighted by atomic mass is 14.8. The van der Waals surface area contributed by atoms with E-state index >= 15 is 0 Å². The minimum Gasteiger partial charge on any atom is -0.0795 e. The van der Waals surface area contributed by atoms with Crippen molar-refractivity contribution in [2.24, 2.45) is 44.8 Å². The molecule has 0 aromatic heterocycles. The van der Waals surface area contributed by atoms with Gasteiger partial charge in [0.2, 0.25) is 0 Å². The van der Waals surface area contributed by atoms with Gasteiger partial charge in [0.1, 0.15) is 0 Å². The monoisotopic (exact) mass is 328 g/mol. The Bertz CT molecular complexity index is 627. The maximum absolute atomic E-state index is 2.66. The summed E-state index contributed by atoms with van der Waals surface area (Å²) in [5, 5.41) is 0. The third-order valence-corrected chi connectivity index (χ3v) is 7.15. The fraction of sp³-hybridized carbons (Fsp3) is 0.833. The Morgan fingerprint density at radius 3 is 1.46 bits per heavy atom. The molecule has 0 saturated heterocycles. The van der Waals surface area contributed by atoms with Crippen LogP contribution < -0.4 is 0 Å². The average Bonchev–Trinajstić information content (AvgIpc) is 2.20. The standard InChI is InChI=1S/C24H40/c1-20(2,3)15-13-14-16-17(21(4,5)6)19(22(7,8)9)18(16)24(14,15)23(10,11)12/h13-14,16,18H,1-12H3. The maximum atomic E-state index is 2.66. The first-order valence-electron chi connectivity index (χ1n) is 9.94. The molecule has 4 atom stereocenters. The summed E-state index contributed by atoms with van der Waals surface area (Å²) in [5.41, 5.74) is 6.92. The van der Waals surface area contributed by atoms with E-state index in [4.69, 9.17) is 0 Å². The summed E-state index contributed by atoms with van der Waals surface area (Å²) in [4.78, 5) is 0. The van der Waals surface area contributed by atoms with Crippen LogP contribution in [0.4, 0.5) is 0 Å². The van der Waals surface area contributed by atoms with Gasteiger partial charge in [-0.2, -0.15) is 0 Å². The lowest BCUT2D eigenvalue weighted by atomic mass is 9.22. The lowest BCUT2D eigenvalue weighted by Crippen LogP contribution is -2.75. The van der Waals surface area contributed by atoms with Crippen LogP contribution in [0, 0.1) is 44.8 Å². The molecule has 0 nitrogen and oxygen atoms in total. The summed E-state index contributed by atoms with van der Waals surface area (Å²) >= 11 is 0. The molecule has 3 aliphatic carbocycles. The van der Waals surface area contributed by atoms with Crippen LogP contribution in [0.1, 0.15) is 83.1 Å². The summed E-state index contributed by atoms with van der Waals surface area (Å²) < 4.78 is 0. The van der Waals surface area contributed by atoms with Gasteiger partial charge in [0.25, 0.3) is 0 Å². The van der Waals surface area contributed by atoms with Crippen molar-refractivity contribution in [3.05, 3.63) is 22.8 Å². The molecule has 1 fully saturated rings. The van der Waals surface area contributed by atoms with Crippen molar-refractivity contribution in [3.63, 3.8) is 0 Å². The van der Waals surface area contributed by atoms with Crippen molar-refractivity contribution >= 4 is 0 Å². The van der Waals surface area contributed by atoms with Gasteiger partial charge < -0.3 is 0 Å². The lowest BCUT2D eigenvalue weighted by molar-refractivity contribution is -0.177. The molecule has 3 aliphatic rings. The normalized spacial score (nSPS) is 36.2. The minimum absolute atomic E-state index is 0.283. The number of rotatable bonds is 0. The number of hydrogen-bond acceptors (Lipinski definition) is 0. The van der Waals surface area contributed by atoms with Crippen LogP contribution in [0.15, 0.2) is 22.8 Å². The van der Waals surface area contributed by atoms with Gasteiger partial charge in [-0.1, -0.05) is 106 Å². The van der Waals surface area contributed by atoms with E-state index in [1.54, 1.807) is 16.7 Å². The van der Waals surface area contributed by atoms with E-state index in [0.29, 0.717) is 16.2 Å². The molecule has 0 amide bonds. The number of fused-ring (bicyclic) bond motifs is 4. The van der Waals surface area contributed by atoms with Crippen molar-refractivity contribution in [3.8, 4) is 0 Å². The van der Waals surface area contributed by atoms with Crippen molar-refractivity contribution in [2.45, 2.75) is 83.1 Å². The van der Waals surface area contributed by atoms with E-state index in [9.17, 15) is 0 Å². The second-order valence-electron chi connectivity index (χ2n) is 12.8. The zero-order chi connectivity index (χ0) is 18.7. The van der Waals surface area contributed by atoms with Gasteiger partial charge in [0.15, 0.2) is 0 Å². The average molecular weight is 329 g/mol. The summed E-state index contributed by atoms with van der Waals surface area (Å²) in [6, 6.07) is 0. The number of hydrogen-bond donors (Lipinski definition) is 0. The molecule has 3 rings (SSSR count). The molecule has 0 radical (unpaired) electrons. The summed E-state index contributed by atoms with van der Waals surface area (Å²) in [6.07, 6.45) is 2.66. The Morgan fingerprint density at radius 1 is 0.667 bits per heavy atom. The summed E-state index contributed by atoms with van der Waals surface area (Å²) in [5.74, 6) is 2.36. The molecule has 0 bridgehead atoms. The van der Waals surface area contributed by atoms with Gasteiger partial charge in [0.05, 0.1) is 0 Å². The summed E-state index contributed by atoms with van der Waals surface area (Å²) in [7, 11) is 0. The van der Waals surface area contributed by atoms with Crippen LogP contribution in [-0.2, 0) is 0 Å². The van der Waals surface area contributed by atoms with Gasteiger partial charge in [-0.25, -0.2) is 0 Å². The van der Waals surface area contributed by atoms with E-state index in [1.807, 2.05) is 0 Å². The molecule has 4 unspecified atom stereocenters. The molecular formula is C24H40. The van der Waals surface area contributed by atoms with Crippen LogP contribution in [0.3, 0.4) is 0 Å². The largest absolute Gasteiger partial charge is 0.0795 e. The van der Waals surface area contributed by atoms with Crippen LogP contribution in [0.25, 0.3) is 0 Å². The van der Waals surface area contributed by atoms with Crippen LogP contribution in [-0.4, -0.2) is 0 Å². The topological polar surface area (TPSA) is 0 Å². The first kappa shape index (κ1) is 18.3. The molecule has 0 heterocycles. The Kier molecular flexibility index (Phi) is 3.36. The highest BCUT2D eigenvalue weighted by Gasteiger charge is 2.78. The fourth-order valence-corrected chi connectivity index (χ4v) is 6.69. The molecule has 136 valence electrons. The van der Waals surface area contributed by atoms with Crippen molar-refractivity contribution in [1.29, 1.82) is 0 Å². The molecule has 1 saturated carbocycles. The highest BCUT2D eigenvalue weighted by Crippen LogP contribution is 2.85. The Hall–Kier alpha value is -0.520. The molecule has 0 aliphatic heterocycles. The zero-order valence-electron chi connectivity index (χ0n) is 18.3. The van der Waals surface area contributed by atoms with Gasteiger partial charge in [-0.05, 0) is 39.4 Å².